The standard InChI is InChI=1S/C17H20N2O/c1-11-4-5-13-12(9-11)6-8-19-16(13)10-15-14(17(19)20)3-2-7-18-15/h4-5,9,16,18H,2-3,6-8,10H2,1H3. The van der Waals surface area contributed by atoms with Crippen LogP contribution in [0.25, 0.3) is 0 Å². The smallest absolute Gasteiger partial charge is 0.252 e. The molecule has 1 amide bonds. The highest BCUT2D eigenvalue weighted by Crippen LogP contribution is 2.40. The molecule has 3 heteroatoms. The van der Waals surface area contributed by atoms with Gasteiger partial charge in [0.25, 0.3) is 5.91 Å². The Kier molecular flexibility index (Phi) is 2.62. The van der Waals surface area contributed by atoms with E-state index in [-0.39, 0.29) is 11.9 Å². The second-order valence-electron chi connectivity index (χ2n) is 6.16. The first-order valence-electron chi connectivity index (χ1n) is 7.60. The Labute approximate surface area is 119 Å². The second kappa shape index (κ2) is 4.37. The van der Waals surface area contributed by atoms with Gasteiger partial charge in [-0.2, -0.15) is 0 Å². The summed E-state index contributed by atoms with van der Waals surface area (Å²) in [6.07, 6.45) is 4.00. The second-order valence-corrected chi connectivity index (χ2v) is 6.16. The van der Waals surface area contributed by atoms with Crippen molar-refractivity contribution < 1.29 is 4.79 Å². The number of benzene rings is 1. The van der Waals surface area contributed by atoms with Crippen LogP contribution in [-0.4, -0.2) is 23.9 Å². The van der Waals surface area contributed by atoms with Crippen LogP contribution >= 0.6 is 0 Å². The summed E-state index contributed by atoms with van der Waals surface area (Å²) in [6.45, 7) is 4.03. The summed E-state index contributed by atoms with van der Waals surface area (Å²) in [5, 5.41) is 3.46. The molecule has 0 fully saturated rings. The van der Waals surface area contributed by atoms with Crippen molar-refractivity contribution >= 4 is 5.91 Å². The summed E-state index contributed by atoms with van der Waals surface area (Å²) in [4.78, 5) is 14.8. The molecule has 3 nitrogen and oxygen atoms in total. The molecule has 3 heterocycles. The number of carbonyl (C=O) groups excluding carboxylic acids is 1. The fourth-order valence-corrected chi connectivity index (χ4v) is 3.86. The van der Waals surface area contributed by atoms with Gasteiger partial charge in [-0.25, -0.2) is 0 Å². The highest BCUT2D eigenvalue weighted by Gasteiger charge is 2.38. The SMILES string of the molecule is Cc1ccc2c(c1)CCN1C(=O)C3=C(CC21)NCCC3. The van der Waals surface area contributed by atoms with Gasteiger partial charge in [0.1, 0.15) is 0 Å². The van der Waals surface area contributed by atoms with Gasteiger partial charge in [0.05, 0.1) is 6.04 Å². The third-order valence-electron chi connectivity index (χ3n) is 4.88. The van der Waals surface area contributed by atoms with Crippen molar-refractivity contribution in [2.24, 2.45) is 0 Å². The number of hydrogen-bond acceptors (Lipinski definition) is 2. The molecule has 1 aromatic rings. The summed E-state index contributed by atoms with van der Waals surface area (Å²) in [5.41, 5.74) is 6.35. The largest absolute Gasteiger partial charge is 0.388 e. The highest BCUT2D eigenvalue weighted by atomic mass is 16.2. The fourth-order valence-electron chi connectivity index (χ4n) is 3.86. The molecule has 1 N–H and O–H groups in total. The molecule has 104 valence electrons. The molecule has 4 rings (SSSR count). The molecule has 3 aliphatic rings. The molecule has 3 aliphatic heterocycles. The first-order valence-corrected chi connectivity index (χ1v) is 7.60. The Balaban J connectivity index is 1.77. The molecular formula is C17H20N2O. The van der Waals surface area contributed by atoms with Crippen molar-refractivity contribution in [2.45, 2.75) is 38.6 Å². The van der Waals surface area contributed by atoms with Crippen LogP contribution in [0.1, 0.15) is 42.0 Å². The lowest BCUT2D eigenvalue weighted by molar-refractivity contribution is -0.131. The molecular weight excluding hydrogens is 248 g/mol. The molecule has 20 heavy (non-hydrogen) atoms. The van der Waals surface area contributed by atoms with Gasteiger partial charge < -0.3 is 10.2 Å². The van der Waals surface area contributed by atoms with Crippen molar-refractivity contribution in [3.05, 3.63) is 46.2 Å². The minimum atomic E-state index is 0.246. The zero-order valence-corrected chi connectivity index (χ0v) is 11.9. The van der Waals surface area contributed by atoms with Gasteiger partial charge >= 0.3 is 0 Å². The van der Waals surface area contributed by atoms with Gasteiger partial charge in [0.2, 0.25) is 0 Å². The zero-order valence-electron chi connectivity index (χ0n) is 11.9. The molecule has 0 saturated heterocycles. The predicted molar refractivity (Wildman–Crippen MR) is 78.2 cm³/mol. The molecule has 1 aromatic carbocycles. The Morgan fingerprint density at radius 2 is 2.20 bits per heavy atom. The maximum atomic E-state index is 12.7. The van der Waals surface area contributed by atoms with E-state index in [1.54, 1.807) is 0 Å². The number of fused-ring (bicyclic) bond motifs is 3. The summed E-state index contributed by atoms with van der Waals surface area (Å²) < 4.78 is 0. The van der Waals surface area contributed by atoms with E-state index in [4.69, 9.17) is 0 Å². The van der Waals surface area contributed by atoms with E-state index in [1.165, 1.54) is 22.4 Å². The number of nitrogens with zero attached hydrogens (tertiary/aromatic N) is 1. The highest BCUT2D eigenvalue weighted by molar-refractivity contribution is 5.95. The number of aryl methyl sites for hydroxylation is 1. The van der Waals surface area contributed by atoms with Crippen LogP contribution < -0.4 is 5.32 Å². The third-order valence-corrected chi connectivity index (χ3v) is 4.88. The number of nitrogens with one attached hydrogen (secondary N) is 1. The normalized spacial score (nSPS) is 24.8. The topological polar surface area (TPSA) is 32.3 Å². The number of amides is 1. The first-order chi connectivity index (χ1) is 9.74. The Morgan fingerprint density at radius 3 is 3.10 bits per heavy atom. The van der Waals surface area contributed by atoms with E-state index in [2.05, 4.69) is 35.3 Å². The van der Waals surface area contributed by atoms with Crippen molar-refractivity contribution in [3.8, 4) is 0 Å². The van der Waals surface area contributed by atoms with Crippen molar-refractivity contribution in [3.63, 3.8) is 0 Å². The van der Waals surface area contributed by atoms with Crippen LogP contribution in [0.3, 0.4) is 0 Å². The zero-order chi connectivity index (χ0) is 13.7. The Morgan fingerprint density at radius 1 is 1.30 bits per heavy atom. The van der Waals surface area contributed by atoms with E-state index >= 15 is 0 Å². The summed E-state index contributed by atoms with van der Waals surface area (Å²) in [6, 6.07) is 6.93. The molecule has 0 radical (unpaired) electrons. The molecule has 1 unspecified atom stereocenters. The maximum absolute atomic E-state index is 12.7. The van der Waals surface area contributed by atoms with Crippen LogP contribution in [-0.2, 0) is 11.2 Å². The van der Waals surface area contributed by atoms with Crippen molar-refractivity contribution in [2.75, 3.05) is 13.1 Å². The molecule has 0 aromatic heterocycles. The minimum absolute atomic E-state index is 0.246. The van der Waals surface area contributed by atoms with Crippen LogP contribution in [0.2, 0.25) is 0 Å². The van der Waals surface area contributed by atoms with Gasteiger partial charge in [0, 0.05) is 30.8 Å². The lowest BCUT2D eigenvalue weighted by atomic mass is 9.83. The number of rotatable bonds is 0. The fraction of sp³-hybridized carbons (Fsp3) is 0.471. The van der Waals surface area contributed by atoms with Crippen LogP contribution in [0.15, 0.2) is 29.5 Å². The van der Waals surface area contributed by atoms with E-state index in [0.29, 0.717) is 0 Å². The van der Waals surface area contributed by atoms with Gasteiger partial charge in [-0.3, -0.25) is 4.79 Å². The summed E-state index contributed by atoms with van der Waals surface area (Å²) in [7, 11) is 0. The average Bonchev–Trinajstić information content (AvgIpc) is 2.47. The van der Waals surface area contributed by atoms with E-state index < -0.39 is 0 Å². The summed E-state index contributed by atoms with van der Waals surface area (Å²) in [5.74, 6) is 0.273. The van der Waals surface area contributed by atoms with Crippen LogP contribution in [0.5, 0.6) is 0 Å². The average molecular weight is 268 g/mol. The molecule has 0 spiro atoms. The molecule has 1 atom stereocenters. The first kappa shape index (κ1) is 12.0. The number of carbonyl (C=O) groups is 1. The molecule has 0 aliphatic carbocycles. The monoisotopic (exact) mass is 268 g/mol. The molecule has 0 bridgehead atoms. The minimum Gasteiger partial charge on any atom is -0.388 e. The Hall–Kier alpha value is -1.77. The van der Waals surface area contributed by atoms with Gasteiger partial charge in [-0.15, -0.1) is 0 Å². The van der Waals surface area contributed by atoms with E-state index in [1.807, 2.05) is 0 Å². The number of hydrogen-bond donors (Lipinski definition) is 1. The van der Waals surface area contributed by atoms with E-state index in [9.17, 15) is 4.79 Å². The van der Waals surface area contributed by atoms with E-state index in [0.717, 1.165) is 44.3 Å². The summed E-state index contributed by atoms with van der Waals surface area (Å²) >= 11 is 0. The predicted octanol–water partition coefficient (Wildman–Crippen LogP) is 2.46. The third kappa shape index (κ3) is 1.69. The van der Waals surface area contributed by atoms with Crippen LogP contribution in [0.4, 0.5) is 0 Å². The quantitative estimate of drug-likeness (QED) is 0.784. The Bertz CT molecular complexity index is 617. The maximum Gasteiger partial charge on any atom is 0.252 e. The van der Waals surface area contributed by atoms with Gasteiger partial charge in [0.15, 0.2) is 0 Å². The van der Waals surface area contributed by atoms with Crippen molar-refractivity contribution in [1.29, 1.82) is 0 Å². The van der Waals surface area contributed by atoms with Crippen molar-refractivity contribution in [1.82, 2.24) is 10.2 Å². The lowest BCUT2D eigenvalue weighted by Gasteiger charge is -2.43. The molecule has 0 saturated carbocycles. The van der Waals surface area contributed by atoms with Gasteiger partial charge in [-0.05, 0) is 37.3 Å². The van der Waals surface area contributed by atoms with Gasteiger partial charge in [-0.1, -0.05) is 23.8 Å². The van der Waals surface area contributed by atoms with Crippen LogP contribution in [0, 0.1) is 6.92 Å². The lowest BCUT2D eigenvalue weighted by Crippen LogP contribution is -2.46.